The molecule has 2 N–H and O–H groups in total. The summed E-state index contributed by atoms with van der Waals surface area (Å²) in [7, 11) is 0. The van der Waals surface area contributed by atoms with E-state index in [0.29, 0.717) is 0 Å². The van der Waals surface area contributed by atoms with Gasteiger partial charge in [0.05, 0.1) is 0 Å². The van der Waals surface area contributed by atoms with Gasteiger partial charge in [-0.2, -0.15) is 13.2 Å². The standard InChI is InChI=1S/C15H18F3N3O5/c1-9(14(24)25)21(6-5-19-10(2)22)13(23)11-3-4-20-12(7-11)26-8-15(16,17)18/h3-4,7,9H,5-6,8H2,1-2H3,(H,19,22)(H,24,25). The van der Waals surface area contributed by atoms with Gasteiger partial charge in [-0.25, -0.2) is 9.78 Å². The normalized spacial score (nSPS) is 12.2. The molecule has 2 amide bonds. The van der Waals surface area contributed by atoms with E-state index in [4.69, 9.17) is 5.11 Å². The molecule has 0 radical (unpaired) electrons. The molecule has 1 heterocycles. The van der Waals surface area contributed by atoms with Crippen molar-refractivity contribution in [3.05, 3.63) is 23.9 Å². The van der Waals surface area contributed by atoms with Gasteiger partial charge in [0.25, 0.3) is 5.91 Å². The van der Waals surface area contributed by atoms with Crippen LogP contribution in [0.1, 0.15) is 24.2 Å². The van der Waals surface area contributed by atoms with Gasteiger partial charge >= 0.3 is 12.1 Å². The van der Waals surface area contributed by atoms with Crippen LogP contribution in [0.15, 0.2) is 18.3 Å². The van der Waals surface area contributed by atoms with Gasteiger partial charge in [0.15, 0.2) is 6.61 Å². The lowest BCUT2D eigenvalue weighted by Crippen LogP contribution is -2.46. The molecule has 0 aromatic carbocycles. The number of rotatable bonds is 8. The molecule has 0 bridgehead atoms. The monoisotopic (exact) mass is 377 g/mol. The van der Waals surface area contributed by atoms with Crippen molar-refractivity contribution in [2.45, 2.75) is 26.1 Å². The number of carboxylic acid groups (broad SMARTS) is 1. The van der Waals surface area contributed by atoms with Crippen molar-refractivity contribution in [2.75, 3.05) is 19.7 Å². The van der Waals surface area contributed by atoms with E-state index in [9.17, 15) is 27.6 Å². The number of nitrogens with zero attached hydrogens (tertiary/aromatic N) is 2. The smallest absolute Gasteiger partial charge is 0.422 e. The Hall–Kier alpha value is -2.85. The Morgan fingerprint density at radius 1 is 1.38 bits per heavy atom. The van der Waals surface area contributed by atoms with Crippen LogP contribution < -0.4 is 10.1 Å². The first-order chi connectivity index (χ1) is 12.0. The summed E-state index contributed by atoms with van der Waals surface area (Å²) in [5.41, 5.74) is -0.0897. The summed E-state index contributed by atoms with van der Waals surface area (Å²) in [5.74, 6) is -2.79. The topological polar surface area (TPSA) is 109 Å². The molecule has 8 nitrogen and oxygen atoms in total. The Balaban J connectivity index is 2.95. The molecule has 0 spiro atoms. The second-order valence-electron chi connectivity index (χ2n) is 5.28. The minimum atomic E-state index is -4.57. The van der Waals surface area contributed by atoms with Crippen LogP contribution in [-0.4, -0.2) is 64.7 Å². The Kier molecular flexibility index (Phi) is 7.35. The highest BCUT2D eigenvalue weighted by Crippen LogP contribution is 2.18. The lowest BCUT2D eigenvalue weighted by Gasteiger charge is -2.26. The zero-order chi connectivity index (χ0) is 19.9. The predicted molar refractivity (Wildman–Crippen MR) is 82.6 cm³/mol. The van der Waals surface area contributed by atoms with Crippen LogP contribution in [0.5, 0.6) is 5.88 Å². The molecule has 1 rings (SSSR count). The first-order valence-electron chi connectivity index (χ1n) is 7.45. The third-order valence-electron chi connectivity index (χ3n) is 3.18. The van der Waals surface area contributed by atoms with Crippen molar-refractivity contribution in [1.82, 2.24) is 15.2 Å². The molecule has 0 aliphatic rings. The zero-order valence-corrected chi connectivity index (χ0v) is 14.0. The Morgan fingerprint density at radius 3 is 2.58 bits per heavy atom. The van der Waals surface area contributed by atoms with Crippen LogP contribution in [0.4, 0.5) is 13.2 Å². The van der Waals surface area contributed by atoms with Crippen LogP contribution in [0.25, 0.3) is 0 Å². The van der Waals surface area contributed by atoms with E-state index < -0.39 is 36.6 Å². The van der Waals surface area contributed by atoms with Gasteiger partial charge in [-0.3, -0.25) is 9.59 Å². The number of carbonyl (C=O) groups is 3. The molecule has 144 valence electrons. The molecule has 0 fully saturated rings. The van der Waals surface area contributed by atoms with Gasteiger partial charge in [0.2, 0.25) is 11.8 Å². The fourth-order valence-corrected chi connectivity index (χ4v) is 1.90. The average molecular weight is 377 g/mol. The van der Waals surface area contributed by atoms with Crippen molar-refractivity contribution in [3.63, 3.8) is 0 Å². The average Bonchev–Trinajstić information content (AvgIpc) is 2.55. The lowest BCUT2D eigenvalue weighted by molar-refractivity contribution is -0.154. The fourth-order valence-electron chi connectivity index (χ4n) is 1.90. The number of ether oxygens (including phenoxy) is 1. The van der Waals surface area contributed by atoms with E-state index in [1.165, 1.54) is 19.9 Å². The number of hydrogen-bond acceptors (Lipinski definition) is 5. The molecule has 1 aromatic heterocycles. The number of pyridine rings is 1. The van der Waals surface area contributed by atoms with E-state index in [2.05, 4.69) is 15.0 Å². The molecule has 1 atom stereocenters. The number of carboxylic acids is 1. The van der Waals surface area contributed by atoms with Crippen molar-refractivity contribution >= 4 is 17.8 Å². The molecule has 0 aliphatic carbocycles. The maximum atomic E-state index is 12.6. The van der Waals surface area contributed by atoms with Crippen LogP contribution in [0.3, 0.4) is 0 Å². The Labute approximate surface area is 146 Å². The van der Waals surface area contributed by atoms with Gasteiger partial charge in [-0.15, -0.1) is 0 Å². The molecular formula is C15H18F3N3O5. The summed E-state index contributed by atoms with van der Waals surface area (Å²) in [6.07, 6.45) is -3.49. The number of aliphatic carboxylic acids is 1. The van der Waals surface area contributed by atoms with Crippen LogP contribution in [0.2, 0.25) is 0 Å². The van der Waals surface area contributed by atoms with E-state index in [1.54, 1.807) is 0 Å². The van der Waals surface area contributed by atoms with Gasteiger partial charge in [0, 0.05) is 37.8 Å². The quantitative estimate of drug-likeness (QED) is 0.702. The van der Waals surface area contributed by atoms with Crippen molar-refractivity contribution < 1.29 is 37.4 Å². The molecule has 1 unspecified atom stereocenters. The second kappa shape index (κ2) is 9.02. The van der Waals surface area contributed by atoms with E-state index in [-0.39, 0.29) is 24.6 Å². The summed E-state index contributed by atoms with van der Waals surface area (Å²) in [6, 6.07) is 1.00. The summed E-state index contributed by atoms with van der Waals surface area (Å²) in [4.78, 5) is 39.2. The van der Waals surface area contributed by atoms with Gasteiger partial charge in [0.1, 0.15) is 6.04 Å². The van der Waals surface area contributed by atoms with E-state index in [0.717, 1.165) is 17.2 Å². The molecule has 0 saturated carbocycles. The van der Waals surface area contributed by atoms with Crippen molar-refractivity contribution in [3.8, 4) is 5.88 Å². The van der Waals surface area contributed by atoms with Crippen LogP contribution >= 0.6 is 0 Å². The van der Waals surface area contributed by atoms with Gasteiger partial charge < -0.3 is 20.1 Å². The number of amides is 2. The van der Waals surface area contributed by atoms with Crippen molar-refractivity contribution in [1.29, 1.82) is 0 Å². The van der Waals surface area contributed by atoms with Crippen LogP contribution in [-0.2, 0) is 9.59 Å². The minimum Gasteiger partial charge on any atom is -0.480 e. The van der Waals surface area contributed by atoms with Gasteiger partial charge in [-0.05, 0) is 13.0 Å². The summed E-state index contributed by atoms with van der Waals surface area (Å²) in [6.45, 7) is 0.875. The molecule has 1 aromatic rings. The highest BCUT2D eigenvalue weighted by molar-refractivity contribution is 5.96. The van der Waals surface area contributed by atoms with E-state index >= 15 is 0 Å². The van der Waals surface area contributed by atoms with Gasteiger partial charge in [-0.1, -0.05) is 0 Å². The molecular weight excluding hydrogens is 359 g/mol. The number of carbonyl (C=O) groups excluding carboxylic acids is 2. The molecule has 11 heteroatoms. The first-order valence-corrected chi connectivity index (χ1v) is 7.45. The third-order valence-corrected chi connectivity index (χ3v) is 3.18. The molecule has 26 heavy (non-hydrogen) atoms. The number of alkyl halides is 3. The lowest BCUT2D eigenvalue weighted by atomic mass is 10.2. The Bertz CT molecular complexity index is 666. The maximum Gasteiger partial charge on any atom is 0.422 e. The zero-order valence-electron chi connectivity index (χ0n) is 14.0. The van der Waals surface area contributed by atoms with E-state index in [1.807, 2.05) is 0 Å². The first kappa shape index (κ1) is 21.2. The summed E-state index contributed by atoms with van der Waals surface area (Å²) >= 11 is 0. The highest BCUT2D eigenvalue weighted by atomic mass is 19.4. The Morgan fingerprint density at radius 2 is 2.04 bits per heavy atom. The highest BCUT2D eigenvalue weighted by Gasteiger charge is 2.29. The maximum absolute atomic E-state index is 12.6. The minimum absolute atomic E-state index is 0.0151. The second-order valence-corrected chi connectivity index (χ2v) is 5.28. The third kappa shape index (κ3) is 6.95. The molecule has 0 aliphatic heterocycles. The number of hydrogen-bond donors (Lipinski definition) is 2. The number of halogens is 3. The van der Waals surface area contributed by atoms with Crippen LogP contribution in [0, 0.1) is 0 Å². The SMILES string of the molecule is CC(=O)NCCN(C(=O)c1ccnc(OCC(F)(F)F)c1)C(C)C(=O)O. The number of nitrogens with one attached hydrogen (secondary N) is 1. The summed E-state index contributed by atoms with van der Waals surface area (Å²) < 4.78 is 41.1. The fraction of sp³-hybridized carbons (Fsp3) is 0.467. The largest absolute Gasteiger partial charge is 0.480 e. The van der Waals surface area contributed by atoms with Crippen molar-refractivity contribution in [2.24, 2.45) is 0 Å². The summed E-state index contributed by atoms with van der Waals surface area (Å²) in [5, 5.41) is 11.6. The molecule has 0 saturated heterocycles. The predicted octanol–water partition coefficient (Wildman–Crippen LogP) is 1.07. The number of aromatic nitrogens is 1.